The van der Waals surface area contributed by atoms with Crippen LogP contribution in [-0.4, -0.2) is 22.7 Å². The molecule has 0 atom stereocenters. The molecule has 0 aromatic heterocycles. The lowest BCUT2D eigenvalue weighted by atomic mass is 10.8. The summed E-state index contributed by atoms with van der Waals surface area (Å²) in [7, 11) is 0.269. The van der Waals surface area contributed by atoms with Gasteiger partial charge in [-0.15, -0.1) is 0 Å². The Morgan fingerprint density at radius 3 is 2.71 bits per heavy atom. The van der Waals surface area contributed by atoms with Crippen molar-refractivity contribution >= 4 is 9.52 Å². The van der Waals surface area contributed by atoms with E-state index in [-0.39, 0.29) is 9.52 Å². The quantitative estimate of drug-likeness (QED) is 0.389. The van der Waals surface area contributed by atoms with Gasteiger partial charge in [-0.25, -0.2) is 0 Å². The van der Waals surface area contributed by atoms with Gasteiger partial charge in [0, 0.05) is 22.7 Å². The van der Waals surface area contributed by atoms with Gasteiger partial charge in [-0.05, 0) is 13.0 Å². The molecule has 0 aromatic carbocycles. The van der Waals surface area contributed by atoms with Crippen LogP contribution in [0.1, 0.15) is 6.92 Å². The van der Waals surface area contributed by atoms with E-state index in [2.05, 4.69) is 6.55 Å². The van der Waals surface area contributed by atoms with Crippen LogP contribution in [-0.2, 0) is 4.74 Å². The van der Waals surface area contributed by atoms with Gasteiger partial charge < -0.3 is 4.74 Å². The van der Waals surface area contributed by atoms with Gasteiger partial charge in [0.05, 0.1) is 0 Å². The number of hydrogen-bond donors (Lipinski definition) is 0. The van der Waals surface area contributed by atoms with E-state index in [1.54, 1.807) is 0 Å². The van der Waals surface area contributed by atoms with Crippen LogP contribution in [0.25, 0.3) is 0 Å². The maximum atomic E-state index is 5.11. The second kappa shape index (κ2) is 6.18. The lowest BCUT2D eigenvalue weighted by Gasteiger charge is -1.94. The van der Waals surface area contributed by atoms with E-state index in [0.29, 0.717) is 0 Å². The lowest BCUT2D eigenvalue weighted by molar-refractivity contribution is 0.162. The van der Waals surface area contributed by atoms with Crippen LogP contribution < -0.4 is 0 Å². The molecule has 0 N–H and O–H groups in total. The summed E-state index contributed by atoms with van der Waals surface area (Å²) in [6.07, 6.45) is 0. The predicted octanol–water partition coefficient (Wildman–Crippen LogP) is 0.658. The average Bonchev–Trinajstić information content (AvgIpc) is 1.69. The molecule has 44 valence electrons. The Balaban J connectivity index is 2.45. The van der Waals surface area contributed by atoms with Gasteiger partial charge in [0.25, 0.3) is 0 Å². The molecular formula is C5H14OSi. The lowest BCUT2D eigenvalue weighted by Crippen LogP contribution is -1.94. The molecule has 0 aliphatic heterocycles. The maximum absolute atomic E-state index is 5.11. The Labute approximate surface area is 47.9 Å². The smallest absolute Gasteiger partial charge is 0.0437 e. The van der Waals surface area contributed by atoms with Crippen LogP contribution in [0.3, 0.4) is 0 Å². The molecule has 0 unspecified atom stereocenters. The molecule has 0 aromatic rings. The molecule has 0 saturated carbocycles. The van der Waals surface area contributed by atoms with Crippen LogP contribution in [0.5, 0.6) is 0 Å². The molecule has 7 heavy (non-hydrogen) atoms. The molecule has 1 nitrogen and oxygen atoms in total. The molecule has 0 radical (unpaired) electrons. The van der Waals surface area contributed by atoms with E-state index in [0.717, 1.165) is 13.2 Å². The van der Waals surface area contributed by atoms with Gasteiger partial charge in [-0.3, -0.25) is 0 Å². The van der Waals surface area contributed by atoms with Gasteiger partial charge in [0.15, 0.2) is 0 Å². The highest BCUT2D eigenvalue weighted by molar-refractivity contribution is 6.33. The first-order valence-corrected chi connectivity index (χ1v) is 5.41. The fourth-order valence-electron chi connectivity index (χ4n) is 0.391. The van der Waals surface area contributed by atoms with Crippen molar-refractivity contribution in [2.75, 3.05) is 13.2 Å². The Bertz CT molecular complexity index is 27.3. The van der Waals surface area contributed by atoms with E-state index in [1.165, 1.54) is 6.04 Å². The van der Waals surface area contributed by atoms with Gasteiger partial charge in [-0.1, -0.05) is 6.55 Å². The van der Waals surface area contributed by atoms with Crippen molar-refractivity contribution in [1.82, 2.24) is 0 Å². The highest BCUT2D eigenvalue weighted by Gasteiger charge is 1.79. The van der Waals surface area contributed by atoms with Crippen LogP contribution >= 0.6 is 0 Å². The minimum absolute atomic E-state index is 0.269. The molecule has 2 heteroatoms. The molecule has 0 aliphatic rings. The Hall–Kier alpha value is 0.177. The van der Waals surface area contributed by atoms with Crippen LogP contribution in [0, 0.1) is 0 Å². The maximum Gasteiger partial charge on any atom is 0.0437 e. The molecule has 0 spiro atoms. The predicted molar refractivity (Wildman–Crippen MR) is 35.7 cm³/mol. The molecule has 0 saturated heterocycles. The fraction of sp³-hybridized carbons (Fsp3) is 1.00. The van der Waals surface area contributed by atoms with Gasteiger partial charge in [0.2, 0.25) is 0 Å². The monoisotopic (exact) mass is 118 g/mol. The largest absolute Gasteiger partial charge is 0.382 e. The first-order valence-electron chi connectivity index (χ1n) is 2.99. The van der Waals surface area contributed by atoms with Crippen LogP contribution in [0.4, 0.5) is 0 Å². The number of ether oxygens (including phenoxy) is 1. The van der Waals surface area contributed by atoms with Gasteiger partial charge in [0.1, 0.15) is 0 Å². The summed E-state index contributed by atoms with van der Waals surface area (Å²) in [4.78, 5) is 0. The zero-order valence-corrected chi connectivity index (χ0v) is 6.65. The van der Waals surface area contributed by atoms with Crippen molar-refractivity contribution in [1.29, 1.82) is 0 Å². The summed E-state index contributed by atoms with van der Waals surface area (Å²) in [6, 6.07) is 1.34. The molecule has 0 rings (SSSR count). The third-order valence-electron chi connectivity index (χ3n) is 0.846. The van der Waals surface area contributed by atoms with Crippen molar-refractivity contribution < 1.29 is 4.74 Å². The third-order valence-corrected chi connectivity index (χ3v) is 1.84. The van der Waals surface area contributed by atoms with Crippen molar-refractivity contribution in [2.45, 2.75) is 19.5 Å². The minimum atomic E-state index is 0.269. The van der Waals surface area contributed by atoms with Crippen molar-refractivity contribution in [3.8, 4) is 0 Å². The first kappa shape index (κ1) is 7.18. The van der Waals surface area contributed by atoms with Crippen molar-refractivity contribution in [3.63, 3.8) is 0 Å². The first-order chi connectivity index (χ1) is 3.41. The Kier molecular flexibility index (Phi) is 6.33. The summed E-state index contributed by atoms with van der Waals surface area (Å²) >= 11 is 0. The fourth-order valence-corrected chi connectivity index (χ4v) is 0.884. The van der Waals surface area contributed by atoms with E-state index in [1.807, 2.05) is 6.92 Å². The molecule has 0 fully saturated rings. The van der Waals surface area contributed by atoms with Crippen molar-refractivity contribution in [2.24, 2.45) is 0 Å². The number of hydrogen-bond acceptors (Lipinski definition) is 1. The van der Waals surface area contributed by atoms with Gasteiger partial charge >= 0.3 is 0 Å². The number of rotatable bonds is 4. The highest BCUT2D eigenvalue weighted by Crippen LogP contribution is 1.79. The average molecular weight is 118 g/mol. The second-order valence-corrected chi connectivity index (χ2v) is 3.26. The Morgan fingerprint density at radius 1 is 1.57 bits per heavy atom. The second-order valence-electron chi connectivity index (χ2n) is 1.55. The minimum Gasteiger partial charge on any atom is -0.382 e. The zero-order valence-electron chi connectivity index (χ0n) is 5.24. The zero-order chi connectivity index (χ0) is 5.54. The van der Waals surface area contributed by atoms with Crippen molar-refractivity contribution in [3.05, 3.63) is 0 Å². The summed E-state index contributed by atoms with van der Waals surface area (Å²) < 4.78 is 5.11. The molecule has 0 amide bonds. The Morgan fingerprint density at radius 2 is 2.29 bits per heavy atom. The topological polar surface area (TPSA) is 9.23 Å². The SMILES string of the molecule is CCOCC[SiH2]C. The van der Waals surface area contributed by atoms with E-state index in [4.69, 9.17) is 4.74 Å². The summed E-state index contributed by atoms with van der Waals surface area (Å²) in [5.74, 6) is 0. The molecule has 0 bridgehead atoms. The van der Waals surface area contributed by atoms with E-state index in [9.17, 15) is 0 Å². The van der Waals surface area contributed by atoms with Crippen LogP contribution in [0.2, 0.25) is 12.6 Å². The highest BCUT2D eigenvalue weighted by atomic mass is 28.2. The molecular weight excluding hydrogens is 104 g/mol. The third kappa shape index (κ3) is 6.18. The van der Waals surface area contributed by atoms with Gasteiger partial charge in [-0.2, -0.15) is 0 Å². The summed E-state index contributed by atoms with van der Waals surface area (Å²) in [5.41, 5.74) is 0. The van der Waals surface area contributed by atoms with E-state index < -0.39 is 0 Å². The summed E-state index contributed by atoms with van der Waals surface area (Å²) in [6.45, 7) is 6.23. The van der Waals surface area contributed by atoms with Crippen LogP contribution in [0.15, 0.2) is 0 Å². The molecule has 0 heterocycles. The standard InChI is InChI=1S/C5H14OSi/c1-3-6-4-5-7-2/h3-5,7H2,1-2H3. The molecule has 0 aliphatic carbocycles. The summed E-state index contributed by atoms with van der Waals surface area (Å²) in [5, 5.41) is 0. The normalized spacial score (nSPS) is 11.1. The van der Waals surface area contributed by atoms with E-state index >= 15 is 0 Å².